The van der Waals surface area contributed by atoms with Crippen LogP contribution in [0, 0.1) is 11.8 Å². The van der Waals surface area contributed by atoms with E-state index in [0.29, 0.717) is 5.57 Å². The maximum atomic E-state index is 11.5. The van der Waals surface area contributed by atoms with Crippen molar-refractivity contribution in [2.24, 2.45) is 11.8 Å². The maximum absolute atomic E-state index is 11.5. The zero-order valence-corrected chi connectivity index (χ0v) is 12.9. The van der Waals surface area contributed by atoms with Crippen LogP contribution in [0.2, 0.25) is 0 Å². The molecular weight excluding hydrogens is 306 g/mol. The Morgan fingerprint density at radius 1 is 1.26 bits per heavy atom. The lowest BCUT2D eigenvalue weighted by atomic mass is 9.81. The quantitative estimate of drug-likeness (QED) is 0.443. The number of ether oxygens (including phenoxy) is 3. The Morgan fingerprint density at radius 2 is 1.91 bits per heavy atom. The maximum Gasteiger partial charge on any atom is 0.226 e. The van der Waals surface area contributed by atoms with Crippen LogP contribution in [-0.2, 0) is 23.8 Å². The fourth-order valence-corrected chi connectivity index (χ4v) is 3.46. The molecule has 0 saturated carbocycles. The van der Waals surface area contributed by atoms with E-state index in [0.717, 1.165) is 0 Å². The number of hydrogen-bond acceptors (Lipinski definition) is 7. The van der Waals surface area contributed by atoms with E-state index in [-0.39, 0.29) is 26.2 Å². The molecule has 0 aromatic rings. The van der Waals surface area contributed by atoms with Crippen molar-refractivity contribution in [3.63, 3.8) is 0 Å². The molecule has 3 aliphatic rings. The predicted molar refractivity (Wildman–Crippen MR) is 75.7 cm³/mol. The van der Waals surface area contributed by atoms with Crippen molar-refractivity contribution in [3.8, 4) is 0 Å². The summed E-state index contributed by atoms with van der Waals surface area (Å²) in [5.41, 5.74) is 0.707. The highest BCUT2D eigenvalue weighted by Crippen LogP contribution is 2.41. The summed E-state index contributed by atoms with van der Waals surface area (Å²) in [5.74, 6) is -3.40. The highest BCUT2D eigenvalue weighted by Gasteiger charge is 2.56. The zero-order valence-electron chi connectivity index (χ0n) is 12.9. The average molecular weight is 327 g/mol. The van der Waals surface area contributed by atoms with Crippen LogP contribution in [0.5, 0.6) is 0 Å². The molecule has 0 aliphatic carbocycles. The first-order chi connectivity index (χ1) is 10.8. The summed E-state index contributed by atoms with van der Waals surface area (Å²) < 4.78 is 16.2. The van der Waals surface area contributed by atoms with Crippen molar-refractivity contribution in [2.75, 3.05) is 13.4 Å². The summed E-state index contributed by atoms with van der Waals surface area (Å²) in [6, 6.07) is 0. The Hall–Kier alpha value is -1.32. The van der Waals surface area contributed by atoms with Crippen LogP contribution >= 0.6 is 0 Å². The number of carbonyl (C=O) groups excluding carboxylic acids is 2. The van der Waals surface area contributed by atoms with Gasteiger partial charge in [0.05, 0.1) is 12.7 Å². The van der Waals surface area contributed by atoms with Crippen LogP contribution < -0.4 is 5.32 Å². The molecule has 5 atom stereocenters. The molecule has 3 fully saturated rings. The van der Waals surface area contributed by atoms with Crippen molar-refractivity contribution in [2.45, 2.75) is 43.9 Å². The number of hydrogen-bond donors (Lipinski definition) is 3. The standard InChI is InChI=1S/C15H21NO7/c1-7-5-23-15(20,8(7)2)14-12(19)13(21-6-22-14)9-3-10(17)16-11(18)4-9/h8-9,12-14,19-20H,1,3-6H2,2H3,(H,16,17,18)/t8-,12-,13+,14+,15+/m1/s1. The SMILES string of the molecule is C=C1CO[C@](O)([C@H]2OCO[C@@H](C3CC(=O)NC(=O)C3)[C@H]2O)[C@@H]1C. The summed E-state index contributed by atoms with van der Waals surface area (Å²) in [6.45, 7) is 5.59. The van der Waals surface area contributed by atoms with Crippen LogP contribution in [0.15, 0.2) is 12.2 Å². The van der Waals surface area contributed by atoms with Crippen molar-refractivity contribution >= 4 is 11.8 Å². The predicted octanol–water partition coefficient (Wildman–Crippen LogP) is -0.947. The lowest BCUT2D eigenvalue weighted by Gasteiger charge is -2.45. The first kappa shape index (κ1) is 16.5. The summed E-state index contributed by atoms with van der Waals surface area (Å²) >= 11 is 0. The molecule has 3 heterocycles. The van der Waals surface area contributed by atoms with Gasteiger partial charge in [-0.1, -0.05) is 13.5 Å². The smallest absolute Gasteiger partial charge is 0.226 e. The molecule has 8 heteroatoms. The molecule has 0 radical (unpaired) electrons. The van der Waals surface area contributed by atoms with Crippen molar-refractivity contribution in [1.29, 1.82) is 0 Å². The number of amides is 2. The van der Waals surface area contributed by atoms with Crippen molar-refractivity contribution in [1.82, 2.24) is 5.32 Å². The van der Waals surface area contributed by atoms with Gasteiger partial charge < -0.3 is 24.4 Å². The van der Waals surface area contributed by atoms with E-state index in [1.165, 1.54) is 0 Å². The van der Waals surface area contributed by atoms with Crippen molar-refractivity contribution in [3.05, 3.63) is 12.2 Å². The first-order valence-corrected chi connectivity index (χ1v) is 7.61. The van der Waals surface area contributed by atoms with E-state index in [4.69, 9.17) is 14.2 Å². The van der Waals surface area contributed by atoms with E-state index in [2.05, 4.69) is 11.9 Å². The second-order valence-electron chi connectivity index (χ2n) is 6.39. The molecule has 3 saturated heterocycles. The molecule has 2 amide bonds. The fraction of sp³-hybridized carbons (Fsp3) is 0.733. The fourth-order valence-electron chi connectivity index (χ4n) is 3.46. The van der Waals surface area contributed by atoms with Crippen LogP contribution in [0.4, 0.5) is 0 Å². The molecule has 23 heavy (non-hydrogen) atoms. The Kier molecular flexibility index (Phi) is 4.28. The Bertz CT molecular complexity index is 520. The summed E-state index contributed by atoms with van der Waals surface area (Å²) in [5, 5.41) is 23.6. The molecule has 3 N–H and O–H groups in total. The van der Waals surface area contributed by atoms with Crippen LogP contribution in [0.1, 0.15) is 19.8 Å². The Balaban J connectivity index is 1.78. The van der Waals surface area contributed by atoms with Gasteiger partial charge in [-0.15, -0.1) is 0 Å². The van der Waals surface area contributed by atoms with Gasteiger partial charge in [-0.3, -0.25) is 14.9 Å². The second-order valence-corrected chi connectivity index (χ2v) is 6.39. The molecule has 3 rings (SSSR count). The van der Waals surface area contributed by atoms with Crippen LogP contribution in [0.25, 0.3) is 0 Å². The average Bonchev–Trinajstić information content (AvgIpc) is 2.75. The minimum Gasteiger partial charge on any atom is -0.387 e. The van der Waals surface area contributed by atoms with Gasteiger partial charge in [0.1, 0.15) is 19.0 Å². The van der Waals surface area contributed by atoms with Gasteiger partial charge in [-0.05, 0) is 5.57 Å². The number of aliphatic hydroxyl groups excluding tert-OH is 1. The van der Waals surface area contributed by atoms with Gasteiger partial charge in [0.15, 0.2) is 0 Å². The lowest BCUT2D eigenvalue weighted by molar-refractivity contribution is -0.338. The first-order valence-electron chi connectivity index (χ1n) is 7.61. The zero-order chi connectivity index (χ0) is 16.8. The number of imide groups is 1. The summed E-state index contributed by atoms with van der Waals surface area (Å²) in [7, 11) is 0. The molecule has 0 spiro atoms. The number of nitrogens with one attached hydrogen (secondary N) is 1. The van der Waals surface area contributed by atoms with Gasteiger partial charge in [0, 0.05) is 24.7 Å². The molecule has 0 aromatic carbocycles. The number of carbonyl (C=O) groups is 2. The summed E-state index contributed by atoms with van der Waals surface area (Å²) in [6.07, 6.45) is -2.93. The highest BCUT2D eigenvalue weighted by molar-refractivity contribution is 5.97. The number of aliphatic hydroxyl groups is 2. The second kappa shape index (κ2) is 5.95. The number of piperidine rings is 1. The molecule has 0 unspecified atom stereocenters. The van der Waals surface area contributed by atoms with E-state index in [1.807, 2.05) is 0 Å². The molecule has 8 nitrogen and oxygen atoms in total. The van der Waals surface area contributed by atoms with Crippen molar-refractivity contribution < 1.29 is 34.0 Å². The summed E-state index contributed by atoms with van der Waals surface area (Å²) in [4.78, 5) is 23.1. The van der Waals surface area contributed by atoms with E-state index in [9.17, 15) is 19.8 Å². The molecule has 3 aliphatic heterocycles. The van der Waals surface area contributed by atoms with E-state index >= 15 is 0 Å². The minimum absolute atomic E-state index is 0.0712. The Morgan fingerprint density at radius 3 is 2.48 bits per heavy atom. The monoisotopic (exact) mass is 327 g/mol. The van der Waals surface area contributed by atoms with Crippen LogP contribution in [0.3, 0.4) is 0 Å². The Labute approximate surface area is 133 Å². The number of rotatable bonds is 2. The topological polar surface area (TPSA) is 114 Å². The van der Waals surface area contributed by atoms with Gasteiger partial charge in [0.2, 0.25) is 17.6 Å². The molecular formula is C15H21NO7. The molecule has 0 aromatic heterocycles. The van der Waals surface area contributed by atoms with E-state index in [1.54, 1.807) is 6.92 Å². The largest absolute Gasteiger partial charge is 0.387 e. The lowest BCUT2D eigenvalue weighted by Crippen LogP contribution is -2.62. The van der Waals surface area contributed by atoms with Gasteiger partial charge in [0.25, 0.3) is 0 Å². The minimum atomic E-state index is -1.71. The highest BCUT2D eigenvalue weighted by atomic mass is 16.7. The third-order valence-electron chi connectivity index (χ3n) is 4.92. The third-order valence-corrected chi connectivity index (χ3v) is 4.92. The van der Waals surface area contributed by atoms with Gasteiger partial charge >= 0.3 is 0 Å². The molecule has 0 bridgehead atoms. The van der Waals surface area contributed by atoms with Crippen LogP contribution in [-0.4, -0.2) is 59.5 Å². The van der Waals surface area contributed by atoms with Gasteiger partial charge in [-0.2, -0.15) is 0 Å². The molecule has 128 valence electrons. The normalized spacial score (nSPS) is 42.8. The van der Waals surface area contributed by atoms with Gasteiger partial charge in [-0.25, -0.2) is 0 Å². The third kappa shape index (κ3) is 2.81. The van der Waals surface area contributed by atoms with E-state index < -0.39 is 47.7 Å².